The molecule has 0 bridgehead atoms. The van der Waals surface area contributed by atoms with Gasteiger partial charge in [-0.3, -0.25) is 9.59 Å². The fourth-order valence-electron chi connectivity index (χ4n) is 2.98. The third-order valence-corrected chi connectivity index (χ3v) is 4.19. The number of carbonyl (C=O) groups excluding carboxylic acids is 2. The summed E-state index contributed by atoms with van der Waals surface area (Å²) in [5.41, 5.74) is 9.41. The van der Waals surface area contributed by atoms with Crippen LogP contribution in [0.4, 0.5) is 10.1 Å². The molecule has 0 radical (unpaired) electrons. The summed E-state index contributed by atoms with van der Waals surface area (Å²) in [5, 5.41) is 5.44. The van der Waals surface area contributed by atoms with Gasteiger partial charge >= 0.3 is 0 Å². The van der Waals surface area contributed by atoms with Crippen molar-refractivity contribution in [3.63, 3.8) is 0 Å². The molecule has 0 unspecified atom stereocenters. The summed E-state index contributed by atoms with van der Waals surface area (Å²) in [7, 11) is 0. The van der Waals surface area contributed by atoms with Gasteiger partial charge in [0.25, 0.3) is 11.8 Å². The minimum atomic E-state index is -0.414. The van der Waals surface area contributed by atoms with Crippen molar-refractivity contribution in [1.82, 2.24) is 10.3 Å². The van der Waals surface area contributed by atoms with Gasteiger partial charge in [-0.1, -0.05) is 0 Å². The molecule has 1 aromatic carbocycles. The van der Waals surface area contributed by atoms with Crippen molar-refractivity contribution >= 4 is 41.6 Å². The normalized spacial score (nSPS) is 14.0. The van der Waals surface area contributed by atoms with E-state index in [1.54, 1.807) is 19.9 Å². The van der Waals surface area contributed by atoms with E-state index in [-0.39, 0.29) is 24.2 Å². The van der Waals surface area contributed by atoms with Crippen LogP contribution < -0.4 is 16.4 Å². The van der Waals surface area contributed by atoms with E-state index in [0.29, 0.717) is 46.9 Å². The molecule has 2 heterocycles. The molecule has 5 N–H and O–H groups in total. The molecule has 1 aromatic heterocycles. The zero-order valence-corrected chi connectivity index (χ0v) is 15.2. The Hall–Kier alpha value is -2.64. The topological polar surface area (TPSA) is 100 Å². The molecule has 138 valence electrons. The largest absolute Gasteiger partial charge is 0.358 e. The quantitative estimate of drug-likeness (QED) is 0.614. The molecule has 0 saturated carbocycles. The molecule has 26 heavy (non-hydrogen) atoms. The number of aromatic nitrogens is 1. The van der Waals surface area contributed by atoms with Crippen molar-refractivity contribution in [2.24, 2.45) is 5.73 Å². The van der Waals surface area contributed by atoms with Gasteiger partial charge in [-0.15, -0.1) is 12.4 Å². The smallest absolute Gasteiger partial charge is 0.256 e. The van der Waals surface area contributed by atoms with Gasteiger partial charge in [0.1, 0.15) is 5.82 Å². The van der Waals surface area contributed by atoms with Crippen molar-refractivity contribution in [3.8, 4) is 0 Å². The van der Waals surface area contributed by atoms with Gasteiger partial charge in [-0.25, -0.2) is 4.39 Å². The van der Waals surface area contributed by atoms with E-state index >= 15 is 0 Å². The Morgan fingerprint density at radius 3 is 2.77 bits per heavy atom. The molecule has 0 spiro atoms. The number of nitrogens with two attached hydrogens (primary N) is 1. The van der Waals surface area contributed by atoms with Gasteiger partial charge in [0.05, 0.1) is 11.1 Å². The van der Waals surface area contributed by atoms with Crippen LogP contribution in [0.3, 0.4) is 0 Å². The number of hydrogen-bond donors (Lipinski definition) is 4. The van der Waals surface area contributed by atoms with Crippen LogP contribution >= 0.6 is 12.4 Å². The van der Waals surface area contributed by atoms with Crippen LogP contribution in [0.2, 0.25) is 0 Å². The van der Waals surface area contributed by atoms with Crippen molar-refractivity contribution in [1.29, 1.82) is 0 Å². The number of halogens is 2. The first kappa shape index (κ1) is 19.7. The van der Waals surface area contributed by atoms with Gasteiger partial charge in [0.15, 0.2) is 0 Å². The Bertz CT molecular complexity index is 905. The van der Waals surface area contributed by atoms with Crippen LogP contribution in [0.5, 0.6) is 0 Å². The second-order valence-electron chi connectivity index (χ2n) is 5.91. The zero-order chi connectivity index (χ0) is 18.1. The van der Waals surface area contributed by atoms with Crippen molar-refractivity contribution in [2.75, 3.05) is 18.4 Å². The summed E-state index contributed by atoms with van der Waals surface area (Å²) >= 11 is 0. The van der Waals surface area contributed by atoms with Crippen LogP contribution in [-0.4, -0.2) is 29.9 Å². The van der Waals surface area contributed by atoms with Crippen molar-refractivity contribution in [2.45, 2.75) is 13.8 Å². The van der Waals surface area contributed by atoms with Gasteiger partial charge in [0, 0.05) is 35.7 Å². The Morgan fingerprint density at radius 2 is 2.08 bits per heavy atom. The number of H-pyrrole nitrogens is 1. The molecule has 0 fully saturated rings. The summed E-state index contributed by atoms with van der Waals surface area (Å²) < 4.78 is 13.5. The number of carbonyl (C=O) groups is 2. The first-order valence-electron chi connectivity index (χ1n) is 7.92. The van der Waals surface area contributed by atoms with Gasteiger partial charge < -0.3 is 21.4 Å². The van der Waals surface area contributed by atoms with Crippen LogP contribution in [0.25, 0.3) is 11.6 Å². The van der Waals surface area contributed by atoms with E-state index in [9.17, 15) is 14.0 Å². The highest BCUT2D eigenvalue weighted by Gasteiger charge is 2.26. The van der Waals surface area contributed by atoms with Crippen LogP contribution in [0.1, 0.15) is 32.9 Å². The predicted octanol–water partition coefficient (Wildman–Crippen LogP) is 2.37. The standard InChI is InChI=1S/C18H19FN4O2.ClH/c1-9-15(22-10(2)16(9)18(25)21-6-5-20)8-13-12-7-11(19)3-4-14(12)23-17(13)24;/h3-4,7-8,22H,5-6,20H2,1-2H3,(H,21,25)(H,23,24);1H. The van der Waals surface area contributed by atoms with E-state index in [1.165, 1.54) is 18.2 Å². The summed E-state index contributed by atoms with van der Waals surface area (Å²) in [6.45, 7) is 4.32. The summed E-state index contributed by atoms with van der Waals surface area (Å²) in [4.78, 5) is 27.6. The number of amides is 2. The third kappa shape index (κ3) is 3.49. The lowest BCUT2D eigenvalue weighted by atomic mass is 10.0. The molecule has 3 rings (SSSR count). The molecule has 1 aliphatic heterocycles. The molecular formula is C18H20ClFN4O2. The van der Waals surface area contributed by atoms with Crippen LogP contribution in [0, 0.1) is 19.7 Å². The lowest BCUT2D eigenvalue weighted by Crippen LogP contribution is -2.29. The average Bonchev–Trinajstić information content (AvgIpc) is 3.02. The maximum atomic E-state index is 13.5. The number of benzene rings is 1. The number of nitrogens with one attached hydrogen (secondary N) is 3. The van der Waals surface area contributed by atoms with E-state index in [1.807, 2.05) is 0 Å². The molecule has 2 aromatic rings. The highest BCUT2D eigenvalue weighted by Crippen LogP contribution is 2.34. The predicted molar refractivity (Wildman–Crippen MR) is 102 cm³/mol. The Morgan fingerprint density at radius 1 is 1.35 bits per heavy atom. The van der Waals surface area contributed by atoms with Crippen molar-refractivity contribution < 1.29 is 14.0 Å². The zero-order valence-electron chi connectivity index (χ0n) is 14.4. The molecule has 1 aliphatic rings. The SMILES string of the molecule is Cc1[nH]c(C=C2C(=O)Nc3ccc(F)cc32)c(C)c1C(=O)NCCN.Cl. The van der Waals surface area contributed by atoms with Gasteiger partial charge in [-0.2, -0.15) is 0 Å². The minimum absolute atomic E-state index is 0. The lowest BCUT2D eigenvalue weighted by Gasteiger charge is -2.04. The summed E-state index contributed by atoms with van der Waals surface area (Å²) in [6.07, 6.45) is 1.64. The Kier molecular flexibility index (Phi) is 5.84. The Labute approximate surface area is 156 Å². The van der Waals surface area contributed by atoms with E-state index in [2.05, 4.69) is 15.6 Å². The highest BCUT2D eigenvalue weighted by atomic mass is 35.5. The number of aryl methyl sites for hydroxylation is 1. The average molecular weight is 379 g/mol. The molecule has 0 aliphatic carbocycles. The number of anilines is 1. The first-order chi connectivity index (χ1) is 11.9. The van der Waals surface area contributed by atoms with Gasteiger partial charge in [0.2, 0.25) is 0 Å². The van der Waals surface area contributed by atoms with Crippen LogP contribution in [-0.2, 0) is 4.79 Å². The number of hydrogen-bond acceptors (Lipinski definition) is 3. The number of rotatable bonds is 4. The minimum Gasteiger partial charge on any atom is -0.358 e. The van der Waals surface area contributed by atoms with Crippen LogP contribution in [0.15, 0.2) is 18.2 Å². The molecule has 0 saturated heterocycles. The Balaban J connectivity index is 0.00000243. The first-order valence-corrected chi connectivity index (χ1v) is 7.92. The lowest BCUT2D eigenvalue weighted by molar-refractivity contribution is -0.110. The summed E-state index contributed by atoms with van der Waals surface area (Å²) in [5.74, 6) is -0.938. The van der Waals surface area contributed by atoms with E-state index in [4.69, 9.17) is 5.73 Å². The molecular weight excluding hydrogens is 359 g/mol. The second kappa shape index (κ2) is 7.72. The molecule has 8 heteroatoms. The monoisotopic (exact) mass is 378 g/mol. The maximum Gasteiger partial charge on any atom is 0.256 e. The maximum absolute atomic E-state index is 13.5. The van der Waals surface area contributed by atoms with E-state index < -0.39 is 5.82 Å². The fraction of sp³-hybridized carbons (Fsp3) is 0.222. The summed E-state index contributed by atoms with van der Waals surface area (Å²) in [6, 6.07) is 4.15. The number of fused-ring (bicyclic) bond motifs is 1. The van der Waals surface area contributed by atoms with Crippen molar-refractivity contribution in [3.05, 3.63) is 52.1 Å². The second-order valence-corrected chi connectivity index (χ2v) is 5.91. The van der Waals surface area contributed by atoms with Gasteiger partial charge in [-0.05, 0) is 43.7 Å². The fourth-order valence-corrected chi connectivity index (χ4v) is 2.98. The third-order valence-electron chi connectivity index (χ3n) is 4.19. The van der Waals surface area contributed by atoms with E-state index in [0.717, 1.165) is 5.56 Å². The number of aromatic amines is 1. The molecule has 6 nitrogen and oxygen atoms in total. The molecule has 0 atom stereocenters. The molecule has 2 amide bonds. The highest BCUT2D eigenvalue weighted by molar-refractivity contribution is 6.34.